The van der Waals surface area contributed by atoms with Crippen LogP contribution in [0.3, 0.4) is 0 Å². The Morgan fingerprint density at radius 3 is 3.04 bits per heavy atom. The molecule has 3 rings (SSSR count). The number of aryl methyl sites for hydroxylation is 1. The van der Waals surface area contributed by atoms with E-state index >= 15 is 0 Å². The van der Waals surface area contributed by atoms with Crippen molar-refractivity contribution >= 4 is 52.9 Å². The number of methoxy groups -OCH3 is 1. The zero-order valence-corrected chi connectivity index (χ0v) is 18.8. The van der Waals surface area contributed by atoms with Gasteiger partial charge in [-0.05, 0) is 25.0 Å². The number of rotatable bonds is 6. The predicted octanol–water partition coefficient (Wildman–Crippen LogP) is 2.48. The molecular weight excluding hydrogens is 487 g/mol. The van der Waals surface area contributed by atoms with Crippen LogP contribution in [0.4, 0.5) is 0 Å². The van der Waals surface area contributed by atoms with E-state index in [-0.39, 0.29) is 30.0 Å². The van der Waals surface area contributed by atoms with E-state index < -0.39 is 0 Å². The van der Waals surface area contributed by atoms with Gasteiger partial charge < -0.3 is 15.4 Å². The van der Waals surface area contributed by atoms with Crippen molar-refractivity contribution in [3.63, 3.8) is 0 Å². The number of nitrogens with one attached hydrogen (secondary N) is 2. The average Bonchev–Trinajstić information content (AvgIpc) is 3.19. The second-order valence-electron chi connectivity index (χ2n) is 5.89. The highest BCUT2D eigenvalue weighted by molar-refractivity contribution is 14.0. The minimum Gasteiger partial charge on any atom is -0.377 e. The van der Waals surface area contributed by atoms with Gasteiger partial charge in [0, 0.05) is 38.0 Å². The molecule has 0 aromatic carbocycles. The second-order valence-corrected chi connectivity index (χ2v) is 7.69. The molecule has 0 amide bonds. The van der Waals surface area contributed by atoms with Crippen molar-refractivity contribution in [3.05, 3.63) is 33.0 Å². The van der Waals surface area contributed by atoms with Crippen LogP contribution in [-0.4, -0.2) is 47.5 Å². The van der Waals surface area contributed by atoms with E-state index in [9.17, 15) is 0 Å². The minimum atomic E-state index is 0. The fraction of sp³-hybridized carbons (Fsp3) is 0.562. The summed E-state index contributed by atoms with van der Waals surface area (Å²) in [7, 11) is 3.45. The van der Waals surface area contributed by atoms with Crippen molar-refractivity contribution in [3.8, 4) is 0 Å². The monoisotopic (exact) mass is 510 g/mol. The van der Waals surface area contributed by atoms with Crippen molar-refractivity contribution in [2.24, 2.45) is 4.99 Å². The lowest BCUT2D eigenvalue weighted by molar-refractivity contribution is 0.177. The number of hydrogen-bond acceptors (Lipinski definition) is 5. The quantitative estimate of drug-likeness (QED) is 0.355. The van der Waals surface area contributed by atoms with Gasteiger partial charge in [-0.1, -0.05) is 11.6 Å². The number of fused-ring (bicyclic) bond motifs is 1. The molecule has 0 aliphatic carbocycles. The molecule has 0 bridgehead atoms. The van der Waals surface area contributed by atoms with Gasteiger partial charge in [-0.2, -0.15) is 5.10 Å². The molecule has 1 unspecified atom stereocenters. The van der Waals surface area contributed by atoms with Crippen molar-refractivity contribution in [1.29, 1.82) is 0 Å². The van der Waals surface area contributed by atoms with Crippen LogP contribution in [0.5, 0.6) is 0 Å². The van der Waals surface area contributed by atoms with E-state index in [4.69, 9.17) is 16.3 Å². The molecule has 0 spiro atoms. The molecule has 1 atom stereocenters. The molecule has 0 fully saturated rings. The summed E-state index contributed by atoms with van der Waals surface area (Å²) in [5.74, 6) is 2.59. The topological polar surface area (TPSA) is 76.4 Å². The first-order chi connectivity index (χ1) is 12.2. The molecule has 0 radical (unpaired) electrons. The fourth-order valence-electron chi connectivity index (χ4n) is 2.85. The van der Waals surface area contributed by atoms with Crippen LogP contribution >= 0.6 is 46.9 Å². The maximum absolute atomic E-state index is 5.96. The highest BCUT2D eigenvalue weighted by Crippen LogP contribution is 2.21. The third-order valence-electron chi connectivity index (χ3n) is 4.03. The first kappa shape index (κ1) is 21.4. The zero-order chi connectivity index (χ0) is 17.6. The number of thiophene rings is 1. The first-order valence-electron chi connectivity index (χ1n) is 8.31. The molecule has 7 nitrogen and oxygen atoms in total. The third kappa shape index (κ3) is 5.80. The SMILES string of the molecule is CN=C(NCCc1ccc(Cl)s1)NC1CCc2nc(COC)nn2C1.I. The summed E-state index contributed by atoms with van der Waals surface area (Å²) in [5.41, 5.74) is 0. The number of ether oxygens (including phenoxy) is 1. The summed E-state index contributed by atoms with van der Waals surface area (Å²) < 4.78 is 7.90. The third-order valence-corrected chi connectivity index (χ3v) is 5.32. The van der Waals surface area contributed by atoms with Gasteiger partial charge in [0.2, 0.25) is 0 Å². The Labute approximate surface area is 179 Å². The molecule has 2 N–H and O–H groups in total. The van der Waals surface area contributed by atoms with Crippen molar-refractivity contribution in [2.75, 3.05) is 20.7 Å². The van der Waals surface area contributed by atoms with Gasteiger partial charge in [-0.15, -0.1) is 35.3 Å². The molecule has 1 aliphatic rings. The summed E-state index contributed by atoms with van der Waals surface area (Å²) in [6.07, 6.45) is 2.84. The largest absolute Gasteiger partial charge is 0.377 e. The van der Waals surface area contributed by atoms with E-state index in [1.165, 1.54) is 4.88 Å². The maximum atomic E-state index is 5.96. The number of halogens is 2. The lowest BCUT2D eigenvalue weighted by atomic mass is 10.1. The predicted molar refractivity (Wildman–Crippen MR) is 116 cm³/mol. The number of aliphatic imine (C=N–C) groups is 1. The fourth-order valence-corrected chi connectivity index (χ4v) is 3.93. The number of nitrogens with zero attached hydrogens (tertiary/aromatic N) is 4. The van der Waals surface area contributed by atoms with Gasteiger partial charge in [-0.3, -0.25) is 4.99 Å². The average molecular weight is 511 g/mol. The Morgan fingerprint density at radius 1 is 1.50 bits per heavy atom. The zero-order valence-electron chi connectivity index (χ0n) is 14.9. The van der Waals surface area contributed by atoms with Gasteiger partial charge in [0.1, 0.15) is 12.4 Å². The van der Waals surface area contributed by atoms with Crippen LogP contribution in [-0.2, 0) is 30.7 Å². The van der Waals surface area contributed by atoms with Gasteiger partial charge >= 0.3 is 0 Å². The molecular formula is C16H24ClIN6OS. The van der Waals surface area contributed by atoms with Gasteiger partial charge in [-0.25, -0.2) is 9.67 Å². The molecule has 144 valence electrons. The van der Waals surface area contributed by atoms with Gasteiger partial charge in [0.05, 0.1) is 10.9 Å². The molecule has 10 heteroatoms. The van der Waals surface area contributed by atoms with E-state index in [0.29, 0.717) is 6.61 Å². The van der Waals surface area contributed by atoms with Gasteiger partial charge in [0.25, 0.3) is 0 Å². The summed E-state index contributed by atoms with van der Waals surface area (Å²) >= 11 is 7.58. The summed E-state index contributed by atoms with van der Waals surface area (Å²) in [4.78, 5) is 10.1. The Morgan fingerprint density at radius 2 is 2.35 bits per heavy atom. The molecule has 2 aromatic rings. The summed E-state index contributed by atoms with van der Waals surface area (Å²) in [6, 6.07) is 4.28. The number of aromatic nitrogens is 3. The lowest BCUT2D eigenvalue weighted by Gasteiger charge is -2.25. The van der Waals surface area contributed by atoms with Crippen LogP contribution in [0.25, 0.3) is 0 Å². The van der Waals surface area contributed by atoms with Crippen LogP contribution in [0.2, 0.25) is 4.34 Å². The van der Waals surface area contributed by atoms with Crippen LogP contribution in [0, 0.1) is 0 Å². The summed E-state index contributed by atoms with van der Waals surface area (Å²) in [6.45, 7) is 2.05. The van der Waals surface area contributed by atoms with Crippen molar-refractivity contribution in [2.45, 2.75) is 38.5 Å². The van der Waals surface area contributed by atoms with E-state index in [0.717, 1.165) is 54.3 Å². The van der Waals surface area contributed by atoms with E-state index in [1.54, 1.807) is 25.5 Å². The van der Waals surface area contributed by atoms with Crippen molar-refractivity contribution < 1.29 is 4.74 Å². The van der Waals surface area contributed by atoms with Gasteiger partial charge in [0.15, 0.2) is 11.8 Å². The normalized spacial score (nSPS) is 16.7. The standard InChI is InChI=1S/C16H23ClN6OS.HI/c1-18-16(19-8-7-12-4-5-13(17)25-12)20-11-3-6-15-21-14(10-24-2)22-23(15)9-11;/h4-5,11H,3,6-10H2,1-2H3,(H2,18,19,20);1H. The highest BCUT2D eigenvalue weighted by atomic mass is 127. The van der Waals surface area contributed by atoms with Crippen LogP contribution in [0.1, 0.15) is 22.9 Å². The number of guanidine groups is 1. The maximum Gasteiger partial charge on any atom is 0.191 e. The van der Waals surface area contributed by atoms with Crippen molar-refractivity contribution in [1.82, 2.24) is 25.4 Å². The molecule has 0 saturated heterocycles. The Bertz CT molecular complexity index is 734. The Balaban J connectivity index is 0.00000243. The van der Waals surface area contributed by atoms with E-state index in [1.807, 2.05) is 10.7 Å². The molecule has 3 heterocycles. The smallest absolute Gasteiger partial charge is 0.191 e. The van der Waals surface area contributed by atoms with E-state index in [2.05, 4.69) is 31.8 Å². The lowest BCUT2D eigenvalue weighted by Crippen LogP contribution is -2.47. The summed E-state index contributed by atoms with van der Waals surface area (Å²) in [5, 5.41) is 11.3. The van der Waals surface area contributed by atoms with Crippen LogP contribution in [0.15, 0.2) is 17.1 Å². The highest BCUT2D eigenvalue weighted by Gasteiger charge is 2.22. The number of hydrogen-bond donors (Lipinski definition) is 2. The Kier molecular flexibility index (Phi) is 8.58. The van der Waals surface area contributed by atoms with Crippen LogP contribution < -0.4 is 10.6 Å². The minimum absolute atomic E-state index is 0. The molecule has 0 saturated carbocycles. The second kappa shape index (κ2) is 10.4. The molecule has 1 aliphatic heterocycles. The Hall–Kier alpha value is -0.910. The first-order valence-corrected chi connectivity index (χ1v) is 9.50. The molecule has 2 aromatic heterocycles. The molecule has 26 heavy (non-hydrogen) atoms.